The molecule has 0 saturated heterocycles. The highest BCUT2D eigenvalue weighted by Gasteiger charge is 2.30. The Kier molecular flexibility index (Phi) is 3.52. The number of hydrogen-bond donors (Lipinski definition) is 1. The average molecular weight is 287 g/mol. The molecule has 2 N–H and O–H groups in total. The Morgan fingerprint density at radius 3 is 2.42 bits per heavy atom. The van der Waals surface area contributed by atoms with Gasteiger partial charge in [0.05, 0.1) is 17.0 Å². The van der Waals surface area contributed by atoms with E-state index in [0.29, 0.717) is 5.56 Å². The zero-order valence-corrected chi connectivity index (χ0v) is 10.3. The summed E-state index contributed by atoms with van der Waals surface area (Å²) in [5.41, 5.74) is 5.01. The van der Waals surface area contributed by atoms with Crippen molar-refractivity contribution in [3.05, 3.63) is 35.7 Å². The zero-order valence-electron chi connectivity index (χ0n) is 9.44. The third kappa shape index (κ3) is 3.28. The summed E-state index contributed by atoms with van der Waals surface area (Å²) in [6.07, 6.45) is -4.21. The highest BCUT2D eigenvalue weighted by atomic mass is 32.1. The highest BCUT2D eigenvalue weighted by molar-refractivity contribution is 7.80. The van der Waals surface area contributed by atoms with Crippen LogP contribution in [0.1, 0.15) is 11.5 Å². The van der Waals surface area contributed by atoms with Gasteiger partial charge in [0.15, 0.2) is 0 Å². The van der Waals surface area contributed by atoms with Crippen LogP contribution < -0.4 is 5.73 Å². The van der Waals surface area contributed by atoms with Gasteiger partial charge in [-0.1, -0.05) is 29.5 Å². The van der Waals surface area contributed by atoms with Crippen molar-refractivity contribution in [3.8, 4) is 11.4 Å². The fourth-order valence-electron chi connectivity index (χ4n) is 1.40. The van der Waals surface area contributed by atoms with Crippen molar-refractivity contribution in [3.63, 3.8) is 0 Å². The smallest absolute Gasteiger partial charge is 0.393 e. The van der Waals surface area contributed by atoms with E-state index >= 15 is 0 Å². The maximum absolute atomic E-state index is 12.4. The monoisotopic (exact) mass is 287 g/mol. The molecule has 0 aliphatic heterocycles. The summed E-state index contributed by atoms with van der Waals surface area (Å²) < 4.78 is 42.1. The summed E-state index contributed by atoms with van der Waals surface area (Å²) in [6, 6.07) is 4.47. The summed E-state index contributed by atoms with van der Waals surface area (Å²) in [5, 5.41) is 3.65. The van der Waals surface area contributed by atoms with E-state index in [1.54, 1.807) is 0 Å². The minimum atomic E-state index is -4.37. The molecule has 19 heavy (non-hydrogen) atoms. The summed E-state index contributed by atoms with van der Waals surface area (Å²) in [5.74, 6) is 0.419. The first-order valence-electron chi connectivity index (χ1n) is 5.15. The number of benzene rings is 1. The van der Waals surface area contributed by atoms with Crippen molar-refractivity contribution in [1.82, 2.24) is 10.1 Å². The molecular weight excluding hydrogens is 279 g/mol. The maximum atomic E-state index is 12.4. The fraction of sp³-hybridized carbons (Fsp3) is 0.182. The molecule has 0 spiro atoms. The first-order chi connectivity index (χ1) is 8.86. The second-order valence-corrected chi connectivity index (χ2v) is 4.25. The molecule has 4 nitrogen and oxygen atoms in total. The van der Waals surface area contributed by atoms with E-state index in [1.807, 2.05) is 0 Å². The molecule has 0 unspecified atom stereocenters. The van der Waals surface area contributed by atoms with Gasteiger partial charge in [0.1, 0.15) is 0 Å². The van der Waals surface area contributed by atoms with Crippen molar-refractivity contribution in [2.75, 3.05) is 0 Å². The van der Waals surface area contributed by atoms with Crippen LogP contribution in [0.5, 0.6) is 0 Å². The standard InChI is InChI=1S/C11H8F3N3OS/c12-11(13,14)7-3-1-6(2-4-7)10-16-9(18-17-10)5-8(15)19/h1-4H,5H2,(H2,15,19). The van der Waals surface area contributed by atoms with Crippen LogP contribution in [-0.4, -0.2) is 15.1 Å². The van der Waals surface area contributed by atoms with Gasteiger partial charge in [0, 0.05) is 5.56 Å². The van der Waals surface area contributed by atoms with Crippen LogP contribution in [0.25, 0.3) is 11.4 Å². The predicted molar refractivity (Wildman–Crippen MR) is 65.2 cm³/mol. The lowest BCUT2D eigenvalue weighted by Crippen LogP contribution is -2.11. The molecule has 0 radical (unpaired) electrons. The summed E-state index contributed by atoms with van der Waals surface area (Å²) in [4.78, 5) is 4.18. The van der Waals surface area contributed by atoms with Crippen molar-refractivity contribution in [1.29, 1.82) is 0 Å². The van der Waals surface area contributed by atoms with Crippen molar-refractivity contribution in [2.45, 2.75) is 12.6 Å². The lowest BCUT2D eigenvalue weighted by molar-refractivity contribution is -0.137. The number of halogens is 3. The molecule has 0 atom stereocenters. The van der Waals surface area contributed by atoms with Gasteiger partial charge < -0.3 is 10.3 Å². The van der Waals surface area contributed by atoms with Gasteiger partial charge in [0.2, 0.25) is 11.7 Å². The van der Waals surface area contributed by atoms with E-state index < -0.39 is 11.7 Å². The Bertz CT molecular complexity index is 592. The van der Waals surface area contributed by atoms with Crippen molar-refractivity contribution >= 4 is 17.2 Å². The Balaban J connectivity index is 2.23. The van der Waals surface area contributed by atoms with Gasteiger partial charge in [-0.3, -0.25) is 0 Å². The van der Waals surface area contributed by atoms with E-state index in [2.05, 4.69) is 22.4 Å². The van der Waals surface area contributed by atoms with Crippen LogP contribution in [0.4, 0.5) is 13.2 Å². The molecule has 1 heterocycles. The number of alkyl halides is 3. The lowest BCUT2D eigenvalue weighted by atomic mass is 10.1. The molecule has 8 heteroatoms. The molecule has 0 aliphatic rings. The van der Waals surface area contributed by atoms with Crippen LogP contribution in [0.3, 0.4) is 0 Å². The van der Waals surface area contributed by atoms with Gasteiger partial charge in [-0.2, -0.15) is 18.2 Å². The van der Waals surface area contributed by atoms with E-state index in [0.717, 1.165) is 12.1 Å². The fourth-order valence-corrected chi connectivity index (χ4v) is 1.52. The zero-order chi connectivity index (χ0) is 14.0. The first-order valence-corrected chi connectivity index (χ1v) is 5.55. The second kappa shape index (κ2) is 4.96. The molecule has 0 fully saturated rings. The Labute approximate surface area is 111 Å². The van der Waals surface area contributed by atoms with Gasteiger partial charge >= 0.3 is 6.18 Å². The molecule has 2 rings (SSSR count). The molecular formula is C11H8F3N3OS. The van der Waals surface area contributed by atoms with Crippen LogP contribution in [0, 0.1) is 0 Å². The van der Waals surface area contributed by atoms with E-state index in [9.17, 15) is 13.2 Å². The predicted octanol–water partition coefficient (Wildman–Crippen LogP) is 2.58. The molecule has 0 bridgehead atoms. The van der Waals surface area contributed by atoms with Gasteiger partial charge in [-0.05, 0) is 12.1 Å². The largest absolute Gasteiger partial charge is 0.416 e. The SMILES string of the molecule is NC(=S)Cc1nc(-c2ccc(C(F)(F)F)cc2)no1. The van der Waals surface area contributed by atoms with E-state index in [-0.39, 0.29) is 23.1 Å². The van der Waals surface area contributed by atoms with Gasteiger partial charge in [-0.15, -0.1) is 0 Å². The number of hydrogen-bond acceptors (Lipinski definition) is 4. The first kappa shape index (κ1) is 13.5. The minimum Gasteiger partial charge on any atom is -0.393 e. The van der Waals surface area contributed by atoms with Gasteiger partial charge in [0.25, 0.3) is 0 Å². The number of thiocarbonyl (C=S) groups is 1. The summed E-state index contributed by atoms with van der Waals surface area (Å²) >= 11 is 4.69. The van der Waals surface area contributed by atoms with E-state index in [4.69, 9.17) is 10.3 Å². The Morgan fingerprint density at radius 2 is 1.89 bits per heavy atom. The highest BCUT2D eigenvalue weighted by Crippen LogP contribution is 2.30. The van der Waals surface area contributed by atoms with Crippen LogP contribution in [0.2, 0.25) is 0 Å². The minimum absolute atomic E-state index is 0.156. The van der Waals surface area contributed by atoms with Crippen LogP contribution >= 0.6 is 12.2 Å². The third-order valence-electron chi connectivity index (χ3n) is 2.26. The lowest BCUT2D eigenvalue weighted by Gasteiger charge is -2.05. The topological polar surface area (TPSA) is 64.9 Å². The van der Waals surface area contributed by atoms with Crippen LogP contribution in [-0.2, 0) is 12.6 Å². The maximum Gasteiger partial charge on any atom is 0.416 e. The van der Waals surface area contributed by atoms with Crippen molar-refractivity contribution in [2.24, 2.45) is 5.73 Å². The Morgan fingerprint density at radius 1 is 1.26 bits per heavy atom. The number of nitrogens with zero attached hydrogens (tertiary/aromatic N) is 2. The normalized spacial score (nSPS) is 11.5. The third-order valence-corrected chi connectivity index (χ3v) is 2.41. The summed E-state index contributed by atoms with van der Waals surface area (Å²) in [6.45, 7) is 0. The number of rotatable bonds is 3. The average Bonchev–Trinajstić information content (AvgIpc) is 2.75. The van der Waals surface area contributed by atoms with Crippen LogP contribution in [0.15, 0.2) is 28.8 Å². The molecule has 0 amide bonds. The molecule has 1 aromatic heterocycles. The molecule has 1 aromatic carbocycles. The van der Waals surface area contributed by atoms with E-state index in [1.165, 1.54) is 12.1 Å². The molecule has 0 aliphatic carbocycles. The molecule has 2 aromatic rings. The van der Waals surface area contributed by atoms with Crippen molar-refractivity contribution < 1.29 is 17.7 Å². The Hall–Kier alpha value is -1.96. The second-order valence-electron chi connectivity index (χ2n) is 3.73. The van der Waals surface area contributed by atoms with Gasteiger partial charge in [-0.25, -0.2) is 0 Å². The molecule has 100 valence electrons. The number of nitrogens with two attached hydrogens (primary N) is 1. The summed E-state index contributed by atoms with van der Waals surface area (Å²) in [7, 11) is 0. The number of aromatic nitrogens is 2. The quantitative estimate of drug-likeness (QED) is 0.879. The molecule has 0 saturated carbocycles.